The number of nitrogens with two attached hydrogens (primary N) is 1. The van der Waals surface area contributed by atoms with Gasteiger partial charge in [0.1, 0.15) is 5.76 Å². The van der Waals surface area contributed by atoms with Gasteiger partial charge in [0.15, 0.2) is 5.22 Å². The van der Waals surface area contributed by atoms with E-state index < -0.39 is 0 Å². The van der Waals surface area contributed by atoms with E-state index in [0.717, 1.165) is 21.5 Å². The highest BCUT2D eigenvalue weighted by molar-refractivity contribution is 9.10. The van der Waals surface area contributed by atoms with E-state index in [4.69, 9.17) is 21.8 Å². The first kappa shape index (κ1) is 10.6. The van der Waals surface area contributed by atoms with E-state index in [0.29, 0.717) is 11.6 Å². The number of furan rings is 1. The van der Waals surface area contributed by atoms with Gasteiger partial charge in [0.05, 0.1) is 0 Å². The maximum Gasteiger partial charge on any atom is 0.193 e. The van der Waals surface area contributed by atoms with Gasteiger partial charge in [-0.3, -0.25) is 0 Å². The molecule has 0 aliphatic heterocycles. The van der Waals surface area contributed by atoms with E-state index in [1.54, 1.807) is 6.07 Å². The maximum atomic E-state index is 5.85. The molecule has 0 aliphatic carbocycles. The van der Waals surface area contributed by atoms with Crippen LogP contribution in [0, 0.1) is 0 Å². The molecule has 0 aliphatic rings. The standard InChI is InChI=1S/C11H9BrClNO/c12-8-1-3-10(14)7(5-8)6-9-2-4-11(13)15-9/h1-5H,6,14H2. The average molecular weight is 287 g/mol. The third kappa shape index (κ3) is 2.55. The zero-order valence-electron chi connectivity index (χ0n) is 7.84. The molecule has 1 heterocycles. The fraction of sp³-hybridized carbons (Fsp3) is 0.0909. The minimum absolute atomic E-state index is 0.401. The lowest BCUT2D eigenvalue weighted by atomic mass is 10.1. The Morgan fingerprint density at radius 2 is 2.07 bits per heavy atom. The van der Waals surface area contributed by atoms with Crippen molar-refractivity contribution in [1.29, 1.82) is 0 Å². The first-order valence-electron chi connectivity index (χ1n) is 4.43. The normalized spacial score (nSPS) is 10.5. The largest absolute Gasteiger partial charge is 0.449 e. The molecule has 2 nitrogen and oxygen atoms in total. The Kier molecular flexibility index (Phi) is 3.03. The molecule has 0 saturated heterocycles. The van der Waals surface area contributed by atoms with Crippen molar-refractivity contribution in [3.63, 3.8) is 0 Å². The molecule has 0 fully saturated rings. The van der Waals surface area contributed by atoms with Gasteiger partial charge < -0.3 is 10.2 Å². The summed E-state index contributed by atoms with van der Waals surface area (Å²) in [5, 5.41) is 0.401. The summed E-state index contributed by atoms with van der Waals surface area (Å²) in [7, 11) is 0. The second kappa shape index (κ2) is 4.29. The smallest absolute Gasteiger partial charge is 0.193 e. The Morgan fingerprint density at radius 3 is 2.73 bits per heavy atom. The molecule has 2 N–H and O–H groups in total. The second-order valence-electron chi connectivity index (χ2n) is 3.23. The van der Waals surface area contributed by atoms with Crippen molar-refractivity contribution < 1.29 is 4.42 Å². The zero-order chi connectivity index (χ0) is 10.8. The van der Waals surface area contributed by atoms with Gasteiger partial charge in [-0.25, -0.2) is 0 Å². The molecule has 0 unspecified atom stereocenters. The van der Waals surface area contributed by atoms with E-state index in [1.807, 2.05) is 24.3 Å². The van der Waals surface area contributed by atoms with Crippen LogP contribution in [0.1, 0.15) is 11.3 Å². The van der Waals surface area contributed by atoms with E-state index in [9.17, 15) is 0 Å². The monoisotopic (exact) mass is 285 g/mol. The van der Waals surface area contributed by atoms with Crippen molar-refractivity contribution in [2.75, 3.05) is 5.73 Å². The van der Waals surface area contributed by atoms with Gasteiger partial charge in [-0.05, 0) is 47.5 Å². The van der Waals surface area contributed by atoms with Gasteiger partial charge >= 0.3 is 0 Å². The molecule has 0 amide bonds. The summed E-state index contributed by atoms with van der Waals surface area (Å²) in [4.78, 5) is 0. The summed E-state index contributed by atoms with van der Waals surface area (Å²) in [5.41, 5.74) is 7.63. The summed E-state index contributed by atoms with van der Waals surface area (Å²) in [6, 6.07) is 9.33. The molecular weight excluding hydrogens is 277 g/mol. The lowest BCUT2D eigenvalue weighted by Crippen LogP contribution is -1.94. The van der Waals surface area contributed by atoms with Crippen LogP contribution >= 0.6 is 27.5 Å². The minimum atomic E-state index is 0.401. The maximum absolute atomic E-state index is 5.85. The predicted molar refractivity (Wildman–Crippen MR) is 65.1 cm³/mol. The molecule has 0 spiro atoms. The molecule has 1 aromatic carbocycles. The lowest BCUT2D eigenvalue weighted by molar-refractivity contribution is 0.523. The number of halogens is 2. The highest BCUT2D eigenvalue weighted by Crippen LogP contribution is 2.23. The molecule has 1 aromatic heterocycles. The fourth-order valence-corrected chi connectivity index (χ4v) is 1.93. The van der Waals surface area contributed by atoms with Gasteiger partial charge in [0, 0.05) is 16.6 Å². The van der Waals surface area contributed by atoms with E-state index >= 15 is 0 Å². The molecule has 78 valence electrons. The summed E-state index contributed by atoms with van der Waals surface area (Å²) >= 11 is 9.09. The van der Waals surface area contributed by atoms with Crippen molar-refractivity contribution in [3.05, 3.63) is 51.3 Å². The molecule has 2 aromatic rings. The zero-order valence-corrected chi connectivity index (χ0v) is 10.2. The summed E-state index contributed by atoms with van der Waals surface area (Å²) < 4.78 is 6.28. The summed E-state index contributed by atoms with van der Waals surface area (Å²) in [5.74, 6) is 0.810. The van der Waals surface area contributed by atoms with E-state index in [-0.39, 0.29) is 0 Å². The summed E-state index contributed by atoms with van der Waals surface area (Å²) in [6.07, 6.45) is 0.651. The lowest BCUT2D eigenvalue weighted by Gasteiger charge is -2.03. The Labute approximate surface area is 101 Å². The number of hydrogen-bond donors (Lipinski definition) is 1. The number of hydrogen-bond acceptors (Lipinski definition) is 2. The molecule has 15 heavy (non-hydrogen) atoms. The van der Waals surface area contributed by atoms with Crippen molar-refractivity contribution >= 4 is 33.2 Å². The van der Waals surface area contributed by atoms with Crippen LogP contribution in [0.15, 0.2) is 39.2 Å². The number of rotatable bonds is 2. The van der Waals surface area contributed by atoms with Crippen LogP contribution in [0.2, 0.25) is 5.22 Å². The van der Waals surface area contributed by atoms with Crippen molar-refractivity contribution in [2.24, 2.45) is 0 Å². The fourth-order valence-electron chi connectivity index (χ4n) is 1.36. The van der Waals surface area contributed by atoms with Crippen LogP contribution in [-0.2, 0) is 6.42 Å². The minimum Gasteiger partial charge on any atom is -0.449 e. The SMILES string of the molecule is Nc1ccc(Br)cc1Cc1ccc(Cl)o1. The number of benzene rings is 1. The van der Waals surface area contributed by atoms with E-state index in [1.165, 1.54) is 0 Å². The number of nitrogen functional groups attached to an aromatic ring is 1. The van der Waals surface area contributed by atoms with Crippen LogP contribution < -0.4 is 5.73 Å². The van der Waals surface area contributed by atoms with Crippen molar-refractivity contribution in [2.45, 2.75) is 6.42 Å². The topological polar surface area (TPSA) is 39.2 Å². The van der Waals surface area contributed by atoms with Crippen molar-refractivity contribution in [1.82, 2.24) is 0 Å². The summed E-state index contributed by atoms with van der Waals surface area (Å²) in [6.45, 7) is 0. The van der Waals surface area contributed by atoms with Gasteiger partial charge in [-0.1, -0.05) is 15.9 Å². The van der Waals surface area contributed by atoms with Gasteiger partial charge in [0.2, 0.25) is 0 Å². The Hall–Kier alpha value is -0.930. The molecule has 0 radical (unpaired) electrons. The highest BCUT2D eigenvalue weighted by Gasteiger charge is 2.05. The quantitative estimate of drug-likeness (QED) is 0.851. The Morgan fingerprint density at radius 1 is 1.27 bits per heavy atom. The first-order chi connectivity index (χ1) is 7.15. The molecule has 0 atom stereocenters. The highest BCUT2D eigenvalue weighted by atomic mass is 79.9. The Bertz CT molecular complexity index is 481. The average Bonchev–Trinajstić information content (AvgIpc) is 2.58. The third-order valence-corrected chi connectivity index (χ3v) is 2.79. The molecule has 2 rings (SSSR count). The van der Waals surface area contributed by atoms with Crippen LogP contribution in [0.3, 0.4) is 0 Å². The first-order valence-corrected chi connectivity index (χ1v) is 5.60. The van der Waals surface area contributed by atoms with Crippen LogP contribution in [0.5, 0.6) is 0 Å². The molecule has 4 heteroatoms. The molecule has 0 bridgehead atoms. The third-order valence-electron chi connectivity index (χ3n) is 2.10. The molecule has 0 saturated carbocycles. The molecular formula is C11H9BrClNO. The number of anilines is 1. The van der Waals surface area contributed by atoms with Crippen molar-refractivity contribution in [3.8, 4) is 0 Å². The van der Waals surface area contributed by atoms with Crippen LogP contribution in [-0.4, -0.2) is 0 Å². The van der Waals surface area contributed by atoms with Gasteiger partial charge in [0.25, 0.3) is 0 Å². The van der Waals surface area contributed by atoms with Gasteiger partial charge in [-0.15, -0.1) is 0 Å². The van der Waals surface area contributed by atoms with Gasteiger partial charge in [-0.2, -0.15) is 0 Å². The van der Waals surface area contributed by atoms with Crippen LogP contribution in [0.4, 0.5) is 5.69 Å². The Balaban J connectivity index is 2.27. The van der Waals surface area contributed by atoms with E-state index in [2.05, 4.69) is 15.9 Å². The van der Waals surface area contributed by atoms with Crippen LogP contribution in [0.25, 0.3) is 0 Å². The predicted octanol–water partition coefficient (Wildman–Crippen LogP) is 3.87. The second-order valence-corrected chi connectivity index (χ2v) is 4.51.